The zero-order valence-electron chi connectivity index (χ0n) is 12.5. The molecule has 5 nitrogen and oxygen atoms in total. The SMILES string of the molecule is Cc1cc(CNC(=O)c2ccc(F)cc2Cl)nc(N(C)C)n1. The van der Waals surface area contributed by atoms with Gasteiger partial charge in [-0.25, -0.2) is 14.4 Å². The topological polar surface area (TPSA) is 58.1 Å². The highest BCUT2D eigenvalue weighted by atomic mass is 35.5. The van der Waals surface area contributed by atoms with Gasteiger partial charge in [-0.3, -0.25) is 4.79 Å². The van der Waals surface area contributed by atoms with Crippen LogP contribution in [0, 0.1) is 12.7 Å². The zero-order valence-corrected chi connectivity index (χ0v) is 13.3. The summed E-state index contributed by atoms with van der Waals surface area (Å²) in [4.78, 5) is 22.5. The summed E-state index contributed by atoms with van der Waals surface area (Å²) in [6, 6.07) is 5.44. The quantitative estimate of drug-likeness (QED) is 0.940. The molecule has 0 fully saturated rings. The largest absolute Gasteiger partial charge is 0.347 e. The van der Waals surface area contributed by atoms with Gasteiger partial charge in [-0.1, -0.05) is 11.6 Å². The summed E-state index contributed by atoms with van der Waals surface area (Å²) >= 11 is 5.87. The van der Waals surface area contributed by atoms with Gasteiger partial charge in [0.1, 0.15) is 5.82 Å². The van der Waals surface area contributed by atoms with Gasteiger partial charge in [-0.15, -0.1) is 0 Å². The van der Waals surface area contributed by atoms with Crippen molar-refractivity contribution in [3.8, 4) is 0 Å². The maximum Gasteiger partial charge on any atom is 0.253 e. The number of hydrogen-bond acceptors (Lipinski definition) is 4. The van der Waals surface area contributed by atoms with Gasteiger partial charge < -0.3 is 10.2 Å². The Hall–Kier alpha value is -2.21. The molecule has 0 aliphatic heterocycles. The van der Waals surface area contributed by atoms with Gasteiger partial charge in [0.05, 0.1) is 22.8 Å². The molecule has 1 heterocycles. The van der Waals surface area contributed by atoms with Crippen LogP contribution in [-0.4, -0.2) is 30.0 Å². The van der Waals surface area contributed by atoms with E-state index >= 15 is 0 Å². The van der Waals surface area contributed by atoms with E-state index in [1.807, 2.05) is 21.0 Å². The van der Waals surface area contributed by atoms with E-state index in [9.17, 15) is 9.18 Å². The third kappa shape index (κ3) is 3.92. The number of halogens is 2. The number of hydrogen-bond donors (Lipinski definition) is 1. The van der Waals surface area contributed by atoms with Gasteiger partial charge in [-0.05, 0) is 31.2 Å². The highest BCUT2D eigenvalue weighted by Crippen LogP contribution is 2.17. The Bertz CT molecular complexity index is 706. The maximum atomic E-state index is 13.0. The van der Waals surface area contributed by atoms with E-state index in [0.717, 1.165) is 11.8 Å². The lowest BCUT2D eigenvalue weighted by Crippen LogP contribution is -2.24. The van der Waals surface area contributed by atoms with Crippen LogP contribution >= 0.6 is 11.6 Å². The van der Waals surface area contributed by atoms with Crippen LogP contribution in [0.5, 0.6) is 0 Å². The Kier molecular flexibility index (Phi) is 4.92. The van der Waals surface area contributed by atoms with E-state index in [2.05, 4.69) is 15.3 Å². The van der Waals surface area contributed by atoms with E-state index in [4.69, 9.17) is 11.6 Å². The standard InChI is InChI=1S/C15H16ClFN4O/c1-9-6-11(20-15(19-9)21(2)3)8-18-14(22)12-5-4-10(17)7-13(12)16/h4-7H,8H2,1-3H3,(H,18,22). The third-order valence-electron chi connectivity index (χ3n) is 2.90. The van der Waals surface area contributed by atoms with Crippen molar-refractivity contribution in [1.82, 2.24) is 15.3 Å². The van der Waals surface area contributed by atoms with Crippen LogP contribution in [0.15, 0.2) is 24.3 Å². The molecule has 1 aromatic heterocycles. The fraction of sp³-hybridized carbons (Fsp3) is 0.267. The second-order valence-corrected chi connectivity index (χ2v) is 5.41. The van der Waals surface area contributed by atoms with Crippen LogP contribution in [-0.2, 0) is 6.54 Å². The van der Waals surface area contributed by atoms with Crippen molar-refractivity contribution < 1.29 is 9.18 Å². The number of anilines is 1. The molecule has 0 radical (unpaired) electrons. The Labute approximate surface area is 133 Å². The number of nitrogens with zero attached hydrogens (tertiary/aromatic N) is 3. The molecule has 22 heavy (non-hydrogen) atoms. The molecular weight excluding hydrogens is 307 g/mol. The molecule has 0 spiro atoms. The van der Waals surface area contributed by atoms with Gasteiger partial charge in [0.25, 0.3) is 5.91 Å². The first kappa shape index (κ1) is 16.2. The molecule has 2 aromatic rings. The number of aryl methyl sites for hydroxylation is 1. The molecule has 0 unspecified atom stereocenters. The van der Waals surface area contributed by atoms with Crippen molar-refractivity contribution in [3.05, 3.63) is 52.1 Å². The minimum atomic E-state index is -0.483. The highest BCUT2D eigenvalue weighted by Gasteiger charge is 2.12. The number of nitrogens with one attached hydrogen (secondary N) is 1. The average Bonchev–Trinajstić information content (AvgIpc) is 2.44. The maximum absolute atomic E-state index is 13.0. The Balaban J connectivity index is 2.11. The van der Waals surface area contributed by atoms with Gasteiger partial charge in [-0.2, -0.15) is 0 Å². The Morgan fingerprint density at radius 2 is 2.05 bits per heavy atom. The lowest BCUT2D eigenvalue weighted by atomic mass is 10.2. The number of carbonyl (C=O) groups excluding carboxylic acids is 1. The van der Waals surface area contributed by atoms with Crippen molar-refractivity contribution in [3.63, 3.8) is 0 Å². The first-order valence-electron chi connectivity index (χ1n) is 6.62. The van der Waals surface area contributed by atoms with Crippen LogP contribution in [0.3, 0.4) is 0 Å². The van der Waals surface area contributed by atoms with E-state index in [-0.39, 0.29) is 23.0 Å². The molecule has 0 aliphatic rings. The molecule has 1 N–H and O–H groups in total. The minimum absolute atomic E-state index is 0.0744. The molecule has 1 aromatic carbocycles. The van der Waals surface area contributed by atoms with Crippen molar-refractivity contribution >= 4 is 23.5 Å². The van der Waals surface area contributed by atoms with E-state index in [0.29, 0.717) is 11.6 Å². The summed E-state index contributed by atoms with van der Waals surface area (Å²) in [7, 11) is 3.69. The number of carbonyl (C=O) groups is 1. The molecule has 116 valence electrons. The monoisotopic (exact) mass is 322 g/mol. The summed E-state index contributed by atoms with van der Waals surface area (Å²) < 4.78 is 13.0. The van der Waals surface area contributed by atoms with Gasteiger partial charge in [0, 0.05) is 19.8 Å². The first-order valence-corrected chi connectivity index (χ1v) is 7.00. The number of aromatic nitrogens is 2. The lowest BCUT2D eigenvalue weighted by molar-refractivity contribution is 0.0950. The molecule has 7 heteroatoms. The predicted octanol–water partition coefficient (Wildman–Crippen LogP) is 2.57. The molecule has 0 aliphatic carbocycles. The smallest absolute Gasteiger partial charge is 0.253 e. The van der Waals surface area contributed by atoms with Crippen molar-refractivity contribution in [2.75, 3.05) is 19.0 Å². The third-order valence-corrected chi connectivity index (χ3v) is 3.21. The van der Waals surface area contributed by atoms with Gasteiger partial charge >= 0.3 is 0 Å². The van der Waals surface area contributed by atoms with Gasteiger partial charge in [0.15, 0.2) is 0 Å². The molecule has 0 saturated heterocycles. The van der Waals surface area contributed by atoms with E-state index in [1.54, 1.807) is 11.0 Å². The Morgan fingerprint density at radius 1 is 1.32 bits per heavy atom. The fourth-order valence-corrected chi connectivity index (χ4v) is 2.10. The number of rotatable bonds is 4. The molecule has 1 amide bonds. The highest BCUT2D eigenvalue weighted by molar-refractivity contribution is 6.33. The summed E-state index contributed by atoms with van der Waals surface area (Å²) in [5.41, 5.74) is 1.72. The number of benzene rings is 1. The Morgan fingerprint density at radius 3 is 2.68 bits per heavy atom. The summed E-state index contributed by atoms with van der Waals surface area (Å²) in [5.74, 6) is -0.291. The minimum Gasteiger partial charge on any atom is -0.347 e. The van der Waals surface area contributed by atoms with Crippen LogP contribution in [0.4, 0.5) is 10.3 Å². The second kappa shape index (κ2) is 6.70. The summed E-state index contributed by atoms with van der Waals surface area (Å²) in [6.45, 7) is 2.09. The lowest BCUT2D eigenvalue weighted by Gasteiger charge is -2.13. The molecular formula is C15H16ClFN4O. The molecule has 2 rings (SSSR count). The molecule has 0 saturated carbocycles. The summed E-state index contributed by atoms with van der Waals surface area (Å²) in [5, 5.41) is 2.79. The number of amides is 1. The van der Waals surface area contributed by atoms with E-state index < -0.39 is 5.82 Å². The fourth-order valence-electron chi connectivity index (χ4n) is 1.85. The van der Waals surface area contributed by atoms with Gasteiger partial charge in [0.2, 0.25) is 5.95 Å². The average molecular weight is 323 g/mol. The normalized spacial score (nSPS) is 10.4. The van der Waals surface area contributed by atoms with E-state index in [1.165, 1.54) is 12.1 Å². The second-order valence-electron chi connectivity index (χ2n) is 5.00. The first-order chi connectivity index (χ1) is 10.4. The molecule has 0 atom stereocenters. The van der Waals surface area contributed by atoms with Crippen molar-refractivity contribution in [1.29, 1.82) is 0 Å². The summed E-state index contributed by atoms with van der Waals surface area (Å²) in [6.07, 6.45) is 0. The van der Waals surface area contributed by atoms with Crippen LogP contribution in [0.2, 0.25) is 5.02 Å². The van der Waals surface area contributed by atoms with Crippen molar-refractivity contribution in [2.24, 2.45) is 0 Å². The predicted molar refractivity (Wildman–Crippen MR) is 83.7 cm³/mol. The van der Waals surface area contributed by atoms with Crippen LogP contribution in [0.1, 0.15) is 21.7 Å². The van der Waals surface area contributed by atoms with Crippen LogP contribution in [0.25, 0.3) is 0 Å². The zero-order chi connectivity index (χ0) is 16.3. The van der Waals surface area contributed by atoms with Crippen molar-refractivity contribution in [2.45, 2.75) is 13.5 Å². The molecule has 0 bridgehead atoms. The van der Waals surface area contributed by atoms with Crippen LogP contribution < -0.4 is 10.2 Å².